The summed E-state index contributed by atoms with van der Waals surface area (Å²) < 4.78 is 16.2. The van der Waals surface area contributed by atoms with Crippen LogP contribution >= 0.6 is 46.9 Å². The quantitative estimate of drug-likeness (QED) is 0.308. The molecule has 31 heavy (non-hydrogen) atoms. The van der Waals surface area contributed by atoms with Crippen molar-refractivity contribution in [2.45, 2.75) is 19.9 Å². The number of nitrogens with zero attached hydrogens (tertiary/aromatic N) is 4. The second-order valence-electron chi connectivity index (χ2n) is 6.77. The van der Waals surface area contributed by atoms with Gasteiger partial charge in [0, 0.05) is 25.5 Å². The Morgan fingerprint density at radius 1 is 1.23 bits per heavy atom. The molecule has 4 rings (SSSR count). The first kappa shape index (κ1) is 23.5. The van der Waals surface area contributed by atoms with Gasteiger partial charge >= 0.3 is 0 Å². The van der Waals surface area contributed by atoms with E-state index in [1.807, 2.05) is 29.8 Å². The number of amides is 1. The molecular weight excluding hydrogens is 482 g/mol. The van der Waals surface area contributed by atoms with E-state index in [0.29, 0.717) is 29.7 Å². The third kappa shape index (κ3) is 5.01. The number of anilines is 1. The van der Waals surface area contributed by atoms with Crippen molar-refractivity contribution in [2.24, 2.45) is 0 Å². The molecular formula is C21H18Cl3FN4OS. The van der Waals surface area contributed by atoms with Crippen LogP contribution in [0.2, 0.25) is 10.0 Å². The molecule has 2 aromatic heterocycles. The lowest BCUT2D eigenvalue weighted by Crippen LogP contribution is -2.32. The predicted octanol–water partition coefficient (Wildman–Crippen LogP) is 6.41. The Labute approximate surface area is 198 Å². The number of carbonyl (C=O) groups excluding carboxylic acids is 1. The topological polar surface area (TPSA) is 51.0 Å². The van der Waals surface area contributed by atoms with Crippen molar-refractivity contribution in [3.05, 3.63) is 76.0 Å². The molecule has 0 saturated heterocycles. The van der Waals surface area contributed by atoms with Crippen LogP contribution < -0.4 is 4.90 Å². The minimum Gasteiger partial charge on any atom is -0.337 e. The average molecular weight is 500 g/mol. The Morgan fingerprint density at radius 3 is 2.71 bits per heavy atom. The van der Waals surface area contributed by atoms with E-state index >= 15 is 0 Å². The molecule has 0 fully saturated rings. The number of aryl methyl sites for hydroxylation is 2. The van der Waals surface area contributed by atoms with Gasteiger partial charge in [0.2, 0.25) is 0 Å². The lowest BCUT2D eigenvalue weighted by Gasteiger charge is -2.20. The van der Waals surface area contributed by atoms with Gasteiger partial charge < -0.3 is 4.57 Å². The van der Waals surface area contributed by atoms with Crippen molar-refractivity contribution in [2.75, 3.05) is 11.4 Å². The van der Waals surface area contributed by atoms with Gasteiger partial charge in [-0.2, -0.15) is 0 Å². The molecule has 0 bridgehead atoms. The highest BCUT2D eigenvalue weighted by atomic mass is 35.5. The van der Waals surface area contributed by atoms with Gasteiger partial charge in [0.05, 0.1) is 32.2 Å². The van der Waals surface area contributed by atoms with E-state index in [1.165, 1.54) is 23.5 Å². The van der Waals surface area contributed by atoms with Gasteiger partial charge in [-0.3, -0.25) is 9.69 Å². The van der Waals surface area contributed by atoms with Gasteiger partial charge in [0.15, 0.2) is 5.13 Å². The van der Waals surface area contributed by atoms with Crippen LogP contribution in [-0.2, 0) is 6.54 Å². The van der Waals surface area contributed by atoms with Crippen molar-refractivity contribution < 1.29 is 9.18 Å². The predicted molar refractivity (Wildman–Crippen MR) is 127 cm³/mol. The maximum absolute atomic E-state index is 13.5. The van der Waals surface area contributed by atoms with Crippen LogP contribution in [0.4, 0.5) is 9.52 Å². The molecule has 0 saturated carbocycles. The van der Waals surface area contributed by atoms with Gasteiger partial charge in [-0.05, 0) is 43.2 Å². The summed E-state index contributed by atoms with van der Waals surface area (Å²) >= 11 is 13.9. The zero-order valence-corrected chi connectivity index (χ0v) is 19.5. The smallest absolute Gasteiger partial charge is 0.261 e. The zero-order chi connectivity index (χ0) is 21.3. The monoisotopic (exact) mass is 498 g/mol. The molecule has 4 aromatic rings. The molecule has 0 N–H and O–H groups in total. The molecule has 0 aliphatic rings. The maximum atomic E-state index is 13.5. The summed E-state index contributed by atoms with van der Waals surface area (Å²) in [6.07, 6.45) is 5.97. The summed E-state index contributed by atoms with van der Waals surface area (Å²) in [6, 6.07) is 7.48. The first-order valence-corrected chi connectivity index (χ1v) is 10.8. The maximum Gasteiger partial charge on any atom is 0.261 e. The number of benzene rings is 2. The van der Waals surface area contributed by atoms with Gasteiger partial charge in [0.25, 0.3) is 5.91 Å². The van der Waals surface area contributed by atoms with Crippen LogP contribution in [0, 0.1) is 12.7 Å². The number of rotatable bonds is 6. The Hall–Kier alpha value is -2.19. The van der Waals surface area contributed by atoms with E-state index in [4.69, 9.17) is 23.2 Å². The van der Waals surface area contributed by atoms with Gasteiger partial charge in [0.1, 0.15) is 5.82 Å². The van der Waals surface area contributed by atoms with Crippen LogP contribution in [0.3, 0.4) is 0 Å². The minimum absolute atomic E-state index is 0. The number of thiazole rings is 1. The summed E-state index contributed by atoms with van der Waals surface area (Å²) in [5, 5.41) is 1.18. The van der Waals surface area contributed by atoms with Crippen LogP contribution in [0.5, 0.6) is 0 Å². The highest BCUT2D eigenvalue weighted by molar-refractivity contribution is 7.23. The van der Waals surface area contributed by atoms with E-state index in [1.54, 1.807) is 17.4 Å². The first-order valence-electron chi connectivity index (χ1n) is 9.22. The second-order valence-corrected chi connectivity index (χ2v) is 8.57. The van der Waals surface area contributed by atoms with Crippen molar-refractivity contribution >= 4 is 68.2 Å². The number of fused-ring (bicyclic) bond motifs is 1. The summed E-state index contributed by atoms with van der Waals surface area (Å²) in [5.74, 6) is -0.830. The standard InChI is InChI=1S/C21H17Cl2FN4OS.ClH/c1-13-3-6-16(22)19-18(13)26-21(30-19)28(9-2-8-27-10-7-25-12-27)20(29)15-5-4-14(24)11-17(15)23;/h3-7,10-12H,2,8-9H2,1H3;1H. The third-order valence-electron chi connectivity index (χ3n) is 4.68. The molecule has 2 heterocycles. The van der Waals surface area contributed by atoms with Crippen molar-refractivity contribution in [3.8, 4) is 0 Å². The molecule has 162 valence electrons. The molecule has 0 unspecified atom stereocenters. The molecule has 0 atom stereocenters. The van der Waals surface area contributed by atoms with Gasteiger partial charge in [-0.1, -0.05) is 40.6 Å². The Kier molecular flexibility index (Phi) is 7.54. The SMILES string of the molecule is Cc1ccc(Cl)c2sc(N(CCCn3ccnc3)C(=O)c3ccc(F)cc3Cl)nc12.Cl. The number of halogens is 4. The van der Waals surface area contributed by atoms with Crippen LogP contribution in [-0.4, -0.2) is 27.0 Å². The zero-order valence-electron chi connectivity index (χ0n) is 16.4. The summed E-state index contributed by atoms with van der Waals surface area (Å²) in [4.78, 5) is 23.6. The molecule has 5 nitrogen and oxygen atoms in total. The molecule has 10 heteroatoms. The van der Waals surface area contributed by atoms with E-state index in [9.17, 15) is 9.18 Å². The lowest BCUT2D eigenvalue weighted by molar-refractivity contribution is 0.0986. The summed E-state index contributed by atoms with van der Waals surface area (Å²) in [7, 11) is 0. The van der Waals surface area contributed by atoms with Crippen LogP contribution in [0.1, 0.15) is 22.3 Å². The fraction of sp³-hybridized carbons (Fsp3) is 0.190. The number of aromatic nitrogens is 3. The normalized spacial score (nSPS) is 10.8. The molecule has 1 amide bonds. The van der Waals surface area contributed by atoms with Crippen molar-refractivity contribution in [3.63, 3.8) is 0 Å². The largest absolute Gasteiger partial charge is 0.337 e. The van der Waals surface area contributed by atoms with Crippen molar-refractivity contribution in [1.82, 2.24) is 14.5 Å². The van der Waals surface area contributed by atoms with Gasteiger partial charge in [-0.15, -0.1) is 12.4 Å². The van der Waals surface area contributed by atoms with E-state index < -0.39 is 5.82 Å². The van der Waals surface area contributed by atoms with Crippen LogP contribution in [0.15, 0.2) is 49.1 Å². The fourth-order valence-corrected chi connectivity index (χ4v) is 4.72. The minimum atomic E-state index is -0.495. The van der Waals surface area contributed by atoms with E-state index in [2.05, 4.69) is 9.97 Å². The van der Waals surface area contributed by atoms with Crippen LogP contribution in [0.25, 0.3) is 10.2 Å². The fourth-order valence-electron chi connectivity index (χ4n) is 3.13. The molecule has 0 aliphatic carbocycles. The number of carbonyl (C=O) groups is 1. The molecule has 2 aromatic carbocycles. The number of hydrogen-bond donors (Lipinski definition) is 0. The van der Waals surface area contributed by atoms with Crippen molar-refractivity contribution in [1.29, 1.82) is 0 Å². The number of hydrogen-bond acceptors (Lipinski definition) is 4. The second kappa shape index (κ2) is 9.96. The molecule has 0 spiro atoms. The summed E-state index contributed by atoms with van der Waals surface area (Å²) in [6.45, 7) is 3.04. The van der Waals surface area contributed by atoms with E-state index in [0.717, 1.165) is 21.8 Å². The Morgan fingerprint density at radius 2 is 2.03 bits per heavy atom. The Balaban J connectivity index is 0.00000272. The van der Waals surface area contributed by atoms with Gasteiger partial charge in [-0.25, -0.2) is 14.4 Å². The number of imidazole rings is 1. The highest BCUT2D eigenvalue weighted by Crippen LogP contribution is 2.36. The average Bonchev–Trinajstić information content (AvgIpc) is 3.38. The highest BCUT2D eigenvalue weighted by Gasteiger charge is 2.24. The summed E-state index contributed by atoms with van der Waals surface area (Å²) in [5.41, 5.74) is 1.96. The molecule has 0 aliphatic heterocycles. The lowest BCUT2D eigenvalue weighted by atomic mass is 10.2. The Bertz CT molecular complexity index is 1170. The van der Waals surface area contributed by atoms with E-state index in [-0.39, 0.29) is 28.9 Å². The first-order chi connectivity index (χ1) is 14.4. The molecule has 0 radical (unpaired) electrons. The third-order valence-corrected chi connectivity index (χ3v) is 6.53.